The average molecular weight is 470 g/mol. The first-order valence-corrected chi connectivity index (χ1v) is 11.8. The first-order chi connectivity index (χ1) is 15.9. The van der Waals surface area contributed by atoms with E-state index in [4.69, 9.17) is 9.47 Å². The summed E-state index contributed by atoms with van der Waals surface area (Å²) in [6, 6.07) is 3.90. The van der Waals surface area contributed by atoms with Crippen molar-refractivity contribution >= 4 is 26.6 Å². The second-order valence-electron chi connectivity index (χ2n) is 7.91. The number of aryl methyl sites for hydroxylation is 1. The van der Waals surface area contributed by atoms with E-state index in [1.165, 1.54) is 24.2 Å². The number of pyridine rings is 2. The molecular formula is C21H23N7O4S. The summed E-state index contributed by atoms with van der Waals surface area (Å²) in [6.07, 6.45) is 9.80. The summed E-state index contributed by atoms with van der Waals surface area (Å²) < 4.78 is 42.6. The Labute approximate surface area is 190 Å². The van der Waals surface area contributed by atoms with Crippen molar-refractivity contribution in [1.82, 2.24) is 29.5 Å². The van der Waals surface area contributed by atoms with Crippen LogP contribution >= 0.6 is 0 Å². The second-order valence-corrected chi connectivity index (χ2v) is 9.60. The smallest absolute Gasteiger partial charge is 0.265 e. The molecule has 4 aromatic rings. The highest BCUT2D eigenvalue weighted by Crippen LogP contribution is 2.38. The van der Waals surface area contributed by atoms with Gasteiger partial charge in [-0.05, 0) is 36.5 Å². The number of fused-ring (bicyclic) bond motifs is 1. The van der Waals surface area contributed by atoms with Gasteiger partial charge in [-0.15, -0.1) is 0 Å². The SMILES string of the molecule is COc1ncc2cnn(C)c2c1NS(=O)(=O)c1cnn(-c2cc(C3CC(OC)C3)ccn2)c1. The van der Waals surface area contributed by atoms with E-state index in [1.807, 2.05) is 12.1 Å². The number of anilines is 1. The van der Waals surface area contributed by atoms with Crippen molar-refractivity contribution in [3.63, 3.8) is 0 Å². The Bertz CT molecular complexity index is 1420. The van der Waals surface area contributed by atoms with E-state index in [1.54, 1.807) is 37.4 Å². The summed E-state index contributed by atoms with van der Waals surface area (Å²) in [5.74, 6) is 1.09. The molecule has 4 heterocycles. The molecule has 1 N–H and O–H groups in total. The number of ether oxygens (including phenoxy) is 2. The largest absolute Gasteiger partial charge is 0.479 e. The van der Waals surface area contributed by atoms with Crippen LogP contribution in [-0.4, -0.2) is 58.3 Å². The number of nitrogens with one attached hydrogen (secondary N) is 1. The van der Waals surface area contributed by atoms with Gasteiger partial charge in [0.2, 0.25) is 5.88 Å². The third-order valence-corrected chi connectivity index (χ3v) is 7.25. The monoisotopic (exact) mass is 469 g/mol. The van der Waals surface area contributed by atoms with Crippen LogP contribution in [-0.2, 0) is 21.8 Å². The molecule has 1 fully saturated rings. The highest BCUT2D eigenvalue weighted by molar-refractivity contribution is 7.92. The van der Waals surface area contributed by atoms with Crippen molar-refractivity contribution in [1.29, 1.82) is 0 Å². The molecule has 12 heteroatoms. The quantitative estimate of drug-likeness (QED) is 0.437. The van der Waals surface area contributed by atoms with E-state index in [0.29, 0.717) is 22.6 Å². The topological polar surface area (TPSA) is 126 Å². The summed E-state index contributed by atoms with van der Waals surface area (Å²) in [5.41, 5.74) is 1.90. The van der Waals surface area contributed by atoms with Crippen molar-refractivity contribution in [3.05, 3.63) is 48.7 Å². The minimum atomic E-state index is -3.99. The maximum Gasteiger partial charge on any atom is 0.265 e. The Morgan fingerprint density at radius 2 is 1.94 bits per heavy atom. The van der Waals surface area contributed by atoms with Gasteiger partial charge < -0.3 is 9.47 Å². The lowest BCUT2D eigenvalue weighted by atomic mass is 9.78. The molecule has 0 spiro atoms. The molecule has 0 atom stereocenters. The fourth-order valence-corrected chi connectivity index (χ4v) is 5.00. The molecule has 0 radical (unpaired) electrons. The first-order valence-electron chi connectivity index (χ1n) is 10.3. The van der Waals surface area contributed by atoms with Crippen molar-refractivity contribution in [2.45, 2.75) is 29.8 Å². The van der Waals surface area contributed by atoms with Gasteiger partial charge in [-0.3, -0.25) is 9.40 Å². The van der Waals surface area contributed by atoms with Gasteiger partial charge in [0.25, 0.3) is 10.0 Å². The molecule has 172 valence electrons. The maximum atomic E-state index is 13.2. The van der Waals surface area contributed by atoms with Crippen molar-refractivity contribution in [2.75, 3.05) is 18.9 Å². The molecule has 0 saturated heterocycles. The number of hydrogen-bond acceptors (Lipinski definition) is 8. The Balaban J connectivity index is 1.44. The maximum absolute atomic E-state index is 13.2. The number of aromatic nitrogens is 6. The lowest BCUT2D eigenvalue weighted by Gasteiger charge is -2.34. The summed E-state index contributed by atoms with van der Waals surface area (Å²) in [6.45, 7) is 0. The molecule has 11 nitrogen and oxygen atoms in total. The van der Waals surface area contributed by atoms with E-state index in [-0.39, 0.29) is 22.6 Å². The molecule has 4 aromatic heterocycles. The fraction of sp³-hybridized carbons (Fsp3) is 0.333. The molecule has 1 aliphatic carbocycles. The molecule has 0 bridgehead atoms. The van der Waals surface area contributed by atoms with Crippen LogP contribution in [0, 0.1) is 0 Å². The van der Waals surface area contributed by atoms with Crippen molar-refractivity contribution < 1.29 is 17.9 Å². The number of nitrogens with zero attached hydrogens (tertiary/aromatic N) is 6. The normalized spacial score (nSPS) is 18.3. The lowest BCUT2D eigenvalue weighted by Crippen LogP contribution is -2.28. The zero-order valence-electron chi connectivity index (χ0n) is 18.3. The van der Waals surface area contributed by atoms with E-state index >= 15 is 0 Å². The Kier molecular flexibility index (Phi) is 5.25. The molecule has 5 rings (SSSR count). The van der Waals surface area contributed by atoms with Gasteiger partial charge in [0.15, 0.2) is 5.82 Å². The summed E-state index contributed by atoms with van der Waals surface area (Å²) >= 11 is 0. The second kappa shape index (κ2) is 8.12. The van der Waals surface area contributed by atoms with Gasteiger partial charge in [0.1, 0.15) is 10.6 Å². The van der Waals surface area contributed by atoms with Gasteiger partial charge in [-0.25, -0.2) is 23.1 Å². The Hall–Kier alpha value is -3.51. The molecule has 0 amide bonds. The van der Waals surface area contributed by atoms with Crippen LogP contribution < -0.4 is 9.46 Å². The van der Waals surface area contributed by atoms with Gasteiger partial charge in [0.05, 0.1) is 37.3 Å². The molecule has 1 saturated carbocycles. The Morgan fingerprint density at radius 1 is 1.12 bits per heavy atom. The van der Waals surface area contributed by atoms with Gasteiger partial charge in [-0.1, -0.05) is 0 Å². The van der Waals surface area contributed by atoms with Crippen LogP contribution in [0.4, 0.5) is 5.69 Å². The third kappa shape index (κ3) is 3.80. The molecule has 0 unspecified atom stereocenters. The minimum absolute atomic E-state index is 0.0148. The minimum Gasteiger partial charge on any atom is -0.479 e. The van der Waals surface area contributed by atoms with E-state index < -0.39 is 10.0 Å². The molecule has 0 aliphatic heterocycles. The fourth-order valence-electron chi connectivity index (χ4n) is 4.00. The highest BCUT2D eigenvalue weighted by atomic mass is 32.2. The average Bonchev–Trinajstić information content (AvgIpc) is 3.42. The third-order valence-electron chi connectivity index (χ3n) is 5.94. The summed E-state index contributed by atoms with van der Waals surface area (Å²) in [7, 11) is 0.875. The molecule has 33 heavy (non-hydrogen) atoms. The predicted octanol–water partition coefficient (Wildman–Crippen LogP) is 2.25. The number of methoxy groups -OCH3 is 2. The number of hydrogen-bond donors (Lipinski definition) is 1. The van der Waals surface area contributed by atoms with E-state index in [9.17, 15) is 8.42 Å². The van der Waals surface area contributed by atoms with E-state index in [0.717, 1.165) is 18.4 Å². The zero-order chi connectivity index (χ0) is 23.2. The zero-order valence-corrected chi connectivity index (χ0v) is 19.2. The summed E-state index contributed by atoms with van der Waals surface area (Å²) in [4.78, 5) is 8.52. The van der Waals surface area contributed by atoms with Crippen LogP contribution in [0.2, 0.25) is 0 Å². The van der Waals surface area contributed by atoms with Crippen molar-refractivity contribution in [3.8, 4) is 11.7 Å². The van der Waals surface area contributed by atoms with Crippen LogP contribution in [0.5, 0.6) is 5.88 Å². The summed E-state index contributed by atoms with van der Waals surface area (Å²) in [5, 5.41) is 9.08. The first kappa shape index (κ1) is 21.3. The van der Waals surface area contributed by atoms with Crippen LogP contribution in [0.3, 0.4) is 0 Å². The number of rotatable bonds is 7. The lowest BCUT2D eigenvalue weighted by molar-refractivity contribution is 0.0257. The van der Waals surface area contributed by atoms with Gasteiger partial charge >= 0.3 is 0 Å². The predicted molar refractivity (Wildman–Crippen MR) is 120 cm³/mol. The number of sulfonamides is 1. The van der Waals surface area contributed by atoms with Crippen LogP contribution in [0.15, 0.2) is 48.0 Å². The highest BCUT2D eigenvalue weighted by Gasteiger charge is 2.30. The van der Waals surface area contributed by atoms with E-state index in [2.05, 4.69) is 24.9 Å². The van der Waals surface area contributed by atoms with Crippen LogP contribution in [0.1, 0.15) is 24.3 Å². The molecule has 1 aliphatic rings. The standard InChI is InChI=1S/C21H23N7O4S/c1-27-20-15(10-24-27)9-23-21(32-3)19(20)26-33(29,30)17-11-25-28(12-17)18-8-13(4-5-22-18)14-6-16(7-14)31-2/h4-5,8-12,14,16,26H,6-7H2,1-3H3. The van der Waals surface area contributed by atoms with Gasteiger partial charge in [-0.2, -0.15) is 10.2 Å². The van der Waals surface area contributed by atoms with Crippen molar-refractivity contribution in [2.24, 2.45) is 7.05 Å². The molecule has 0 aromatic carbocycles. The van der Waals surface area contributed by atoms with Crippen LogP contribution in [0.25, 0.3) is 16.7 Å². The molecular weight excluding hydrogens is 446 g/mol. The Morgan fingerprint density at radius 3 is 2.70 bits per heavy atom. The van der Waals surface area contributed by atoms with Gasteiger partial charge in [0, 0.05) is 31.9 Å².